The molecule has 4 aromatic rings. The van der Waals surface area contributed by atoms with Crippen LogP contribution in [0.1, 0.15) is 5.56 Å². The van der Waals surface area contributed by atoms with Gasteiger partial charge in [0.05, 0.1) is 21.9 Å². The van der Waals surface area contributed by atoms with E-state index in [-0.39, 0.29) is 0 Å². The molecule has 1 N–H and O–H groups in total. The molecule has 106 valence electrons. The van der Waals surface area contributed by atoms with Gasteiger partial charge in [-0.25, -0.2) is 4.98 Å². The summed E-state index contributed by atoms with van der Waals surface area (Å²) in [6, 6.07) is 18.1. The van der Waals surface area contributed by atoms with Crippen molar-refractivity contribution >= 4 is 43.8 Å². The van der Waals surface area contributed by atoms with Gasteiger partial charge in [0.1, 0.15) is 0 Å². The van der Waals surface area contributed by atoms with E-state index < -0.39 is 0 Å². The number of anilines is 1. The average molecular weight is 304 g/mol. The zero-order valence-electron chi connectivity index (χ0n) is 11.6. The van der Waals surface area contributed by atoms with Gasteiger partial charge in [-0.2, -0.15) is 5.10 Å². The topological polar surface area (TPSA) is 50.2 Å². The molecule has 0 aliphatic carbocycles. The number of nitrogens with one attached hydrogen (secondary N) is 1. The summed E-state index contributed by atoms with van der Waals surface area (Å²) in [4.78, 5) is 8.82. The van der Waals surface area contributed by atoms with Gasteiger partial charge >= 0.3 is 0 Å². The molecule has 5 heteroatoms. The lowest BCUT2D eigenvalue weighted by molar-refractivity contribution is 1.31. The summed E-state index contributed by atoms with van der Waals surface area (Å²) in [5.41, 5.74) is 5.94. The molecular formula is C17H12N4S. The number of rotatable bonds is 3. The van der Waals surface area contributed by atoms with Crippen molar-refractivity contribution in [2.75, 3.05) is 5.43 Å². The first kappa shape index (κ1) is 12.9. The van der Waals surface area contributed by atoms with E-state index in [9.17, 15) is 0 Å². The molecule has 0 unspecified atom stereocenters. The van der Waals surface area contributed by atoms with E-state index in [4.69, 9.17) is 0 Å². The van der Waals surface area contributed by atoms with Gasteiger partial charge in [-0.05, 0) is 29.8 Å². The smallest absolute Gasteiger partial charge is 0.204 e. The van der Waals surface area contributed by atoms with Crippen LogP contribution < -0.4 is 5.43 Å². The van der Waals surface area contributed by atoms with Gasteiger partial charge in [0, 0.05) is 11.6 Å². The van der Waals surface area contributed by atoms with Crippen LogP contribution in [0.4, 0.5) is 5.13 Å². The number of hydrogen-bond donors (Lipinski definition) is 1. The van der Waals surface area contributed by atoms with Crippen molar-refractivity contribution in [2.24, 2.45) is 5.10 Å². The molecule has 4 rings (SSSR count). The normalized spacial score (nSPS) is 11.5. The first-order valence-corrected chi connectivity index (χ1v) is 7.69. The highest BCUT2D eigenvalue weighted by molar-refractivity contribution is 7.22. The standard InChI is InChI=1S/C17H12N4S/c1-2-6-16-14(5-1)20-17(22-16)21-19-11-12-7-8-13-4-3-9-18-15(13)10-12/h1-11H,(H,20,21)/b19-11+. The zero-order valence-corrected chi connectivity index (χ0v) is 12.4. The Morgan fingerprint density at radius 1 is 1.00 bits per heavy atom. The molecule has 0 bridgehead atoms. The van der Waals surface area contributed by atoms with Crippen molar-refractivity contribution in [2.45, 2.75) is 0 Å². The van der Waals surface area contributed by atoms with Gasteiger partial charge in [-0.3, -0.25) is 10.4 Å². The number of hydrogen-bond acceptors (Lipinski definition) is 5. The van der Waals surface area contributed by atoms with Crippen molar-refractivity contribution in [1.82, 2.24) is 9.97 Å². The van der Waals surface area contributed by atoms with E-state index >= 15 is 0 Å². The minimum Gasteiger partial charge on any atom is -0.256 e. The zero-order chi connectivity index (χ0) is 14.8. The van der Waals surface area contributed by atoms with Crippen LogP contribution in [0, 0.1) is 0 Å². The van der Waals surface area contributed by atoms with Crippen LogP contribution in [-0.2, 0) is 0 Å². The highest BCUT2D eigenvalue weighted by Gasteiger charge is 2.01. The maximum absolute atomic E-state index is 4.48. The molecule has 0 radical (unpaired) electrons. The number of pyridine rings is 1. The number of aromatic nitrogens is 2. The fourth-order valence-corrected chi connectivity index (χ4v) is 3.06. The fourth-order valence-electron chi connectivity index (χ4n) is 2.25. The van der Waals surface area contributed by atoms with Crippen LogP contribution >= 0.6 is 11.3 Å². The van der Waals surface area contributed by atoms with Crippen LogP contribution in [0.3, 0.4) is 0 Å². The third kappa shape index (κ3) is 2.54. The van der Waals surface area contributed by atoms with Crippen molar-refractivity contribution in [3.63, 3.8) is 0 Å². The van der Waals surface area contributed by atoms with Gasteiger partial charge in [-0.15, -0.1) is 0 Å². The van der Waals surface area contributed by atoms with E-state index in [2.05, 4.69) is 26.6 Å². The predicted molar refractivity (Wildman–Crippen MR) is 92.6 cm³/mol. The van der Waals surface area contributed by atoms with E-state index in [0.29, 0.717) is 0 Å². The quantitative estimate of drug-likeness (QED) is 0.454. The maximum Gasteiger partial charge on any atom is 0.204 e. The van der Waals surface area contributed by atoms with Crippen LogP contribution in [0.2, 0.25) is 0 Å². The second-order valence-electron chi connectivity index (χ2n) is 4.81. The van der Waals surface area contributed by atoms with Gasteiger partial charge in [-0.1, -0.05) is 41.7 Å². The van der Waals surface area contributed by atoms with E-state index in [1.807, 2.05) is 48.5 Å². The molecule has 0 atom stereocenters. The number of benzene rings is 2. The number of thiazole rings is 1. The Labute approximate surface area is 131 Å². The summed E-state index contributed by atoms with van der Waals surface area (Å²) in [5.74, 6) is 0. The van der Waals surface area contributed by atoms with Crippen LogP contribution in [-0.4, -0.2) is 16.2 Å². The monoisotopic (exact) mass is 304 g/mol. The summed E-state index contributed by atoms with van der Waals surface area (Å²) in [6.45, 7) is 0. The number of nitrogens with zero attached hydrogens (tertiary/aromatic N) is 3. The first-order chi connectivity index (χ1) is 10.9. The van der Waals surface area contributed by atoms with Crippen LogP contribution in [0.15, 0.2) is 65.9 Å². The SMILES string of the molecule is C(=N\Nc1nc2ccccc2s1)/c1ccc2cccnc2c1. The molecule has 2 heterocycles. The Bertz CT molecular complexity index is 941. The molecule has 0 spiro atoms. The molecule has 0 saturated heterocycles. The predicted octanol–water partition coefficient (Wildman–Crippen LogP) is 4.29. The molecule has 0 saturated carbocycles. The number of fused-ring (bicyclic) bond motifs is 2. The minimum atomic E-state index is 0.788. The van der Waals surface area contributed by atoms with Gasteiger partial charge < -0.3 is 0 Å². The Balaban J connectivity index is 1.55. The van der Waals surface area contributed by atoms with Crippen molar-refractivity contribution in [3.05, 3.63) is 66.4 Å². The van der Waals surface area contributed by atoms with Crippen molar-refractivity contribution < 1.29 is 0 Å². The van der Waals surface area contributed by atoms with E-state index in [1.165, 1.54) is 0 Å². The summed E-state index contributed by atoms with van der Waals surface area (Å²) in [5, 5.41) is 6.17. The molecule has 0 aliphatic rings. The lowest BCUT2D eigenvalue weighted by atomic mass is 10.1. The molecule has 22 heavy (non-hydrogen) atoms. The summed E-state index contributed by atoms with van der Waals surface area (Å²) < 4.78 is 1.15. The second-order valence-corrected chi connectivity index (χ2v) is 5.84. The first-order valence-electron chi connectivity index (χ1n) is 6.88. The summed E-state index contributed by atoms with van der Waals surface area (Å²) >= 11 is 1.59. The minimum absolute atomic E-state index is 0.788. The van der Waals surface area contributed by atoms with Crippen molar-refractivity contribution in [3.8, 4) is 0 Å². The Kier molecular flexibility index (Phi) is 3.25. The highest BCUT2D eigenvalue weighted by atomic mass is 32.1. The van der Waals surface area contributed by atoms with E-state index in [0.717, 1.165) is 31.8 Å². The molecular weight excluding hydrogens is 292 g/mol. The Morgan fingerprint density at radius 2 is 1.95 bits per heavy atom. The van der Waals surface area contributed by atoms with Crippen LogP contribution in [0.25, 0.3) is 21.1 Å². The molecule has 0 amide bonds. The Morgan fingerprint density at radius 3 is 2.91 bits per heavy atom. The third-order valence-corrected chi connectivity index (χ3v) is 4.24. The van der Waals surface area contributed by atoms with E-state index in [1.54, 1.807) is 23.7 Å². The molecule has 2 aromatic carbocycles. The Hall–Kier alpha value is -2.79. The lowest BCUT2D eigenvalue weighted by Crippen LogP contribution is -1.90. The number of para-hydroxylation sites is 1. The summed E-state index contributed by atoms with van der Waals surface area (Å²) in [7, 11) is 0. The maximum atomic E-state index is 4.48. The lowest BCUT2D eigenvalue weighted by Gasteiger charge is -1.98. The second kappa shape index (κ2) is 5.54. The van der Waals surface area contributed by atoms with Crippen LogP contribution in [0.5, 0.6) is 0 Å². The third-order valence-electron chi connectivity index (χ3n) is 3.30. The van der Waals surface area contributed by atoms with Gasteiger partial charge in [0.25, 0.3) is 0 Å². The highest BCUT2D eigenvalue weighted by Crippen LogP contribution is 2.25. The molecule has 4 nitrogen and oxygen atoms in total. The molecule has 2 aromatic heterocycles. The molecule has 0 fully saturated rings. The van der Waals surface area contributed by atoms with Gasteiger partial charge in [0.2, 0.25) is 5.13 Å². The largest absolute Gasteiger partial charge is 0.256 e. The summed E-state index contributed by atoms with van der Waals surface area (Å²) in [6.07, 6.45) is 3.57. The number of hydrazone groups is 1. The van der Waals surface area contributed by atoms with Gasteiger partial charge in [0.15, 0.2) is 0 Å². The van der Waals surface area contributed by atoms with Crippen molar-refractivity contribution in [1.29, 1.82) is 0 Å². The molecule has 0 aliphatic heterocycles. The average Bonchev–Trinajstić information content (AvgIpc) is 2.97. The fraction of sp³-hybridized carbons (Fsp3) is 0.